The topological polar surface area (TPSA) is 26.3 Å². The Bertz CT molecular complexity index is 592. The van der Waals surface area contributed by atoms with Crippen LogP contribution in [0.5, 0.6) is 0 Å². The second-order valence-electron chi connectivity index (χ2n) is 4.66. The van der Waals surface area contributed by atoms with Crippen molar-refractivity contribution in [3.05, 3.63) is 71.5 Å². The molecule has 1 heterocycles. The molecule has 1 atom stereocenters. The lowest BCUT2D eigenvalue weighted by Gasteiger charge is -2.25. The second-order valence-corrected chi connectivity index (χ2v) is 4.66. The molecule has 1 aliphatic heterocycles. The van der Waals surface area contributed by atoms with Crippen LogP contribution in [0.15, 0.2) is 54.6 Å². The first-order valence-electron chi connectivity index (χ1n) is 6.22. The maximum Gasteiger partial charge on any atom is 0.321 e. The Morgan fingerprint density at radius 1 is 0.947 bits per heavy atom. The maximum atomic E-state index is 13.1. The molecule has 0 amide bonds. The lowest BCUT2D eigenvalue weighted by atomic mass is 9.73. The SMILES string of the molecule is O=C1OCCC1(c1ccccc1)c1ccc(F)cc1. The predicted molar refractivity (Wildman–Crippen MR) is 69.2 cm³/mol. The van der Waals surface area contributed by atoms with Crippen LogP contribution in [0, 0.1) is 5.82 Å². The van der Waals surface area contributed by atoms with Gasteiger partial charge < -0.3 is 4.74 Å². The van der Waals surface area contributed by atoms with Gasteiger partial charge in [0.05, 0.1) is 6.61 Å². The van der Waals surface area contributed by atoms with Crippen LogP contribution in [-0.2, 0) is 14.9 Å². The zero-order valence-electron chi connectivity index (χ0n) is 10.3. The Morgan fingerprint density at radius 2 is 1.58 bits per heavy atom. The molecule has 0 saturated carbocycles. The maximum absolute atomic E-state index is 13.1. The van der Waals surface area contributed by atoms with Crippen LogP contribution < -0.4 is 0 Å². The normalized spacial score (nSPS) is 22.3. The summed E-state index contributed by atoms with van der Waals surface area (Å²) in [6, 6.07) is 15.6. The van der Waals surface area contributed by atoms with E-state index in [0.29, 0.717) is 13.0 Å². The standard InChI is InChI=1S/C16H13FO2/c17-14-8-6-13(7-9-14)16(10-11-19-15(16)18)12-4-2-1-3-5-12/h1-9H,10-11H2. The molecule has 2 aromatic carbocycles. The third kappa shape index (κ3) is 1.82. The van der Waals surface area contributed by atoms with E-state index in [4.69, 9.17) is 4.74 Å². The average Bonchev–Trinajstić information content (AvgIpc) is 2.83. The van der Waals surface area contributed by atoms with Gasteiger partial charge in [-0.1, -0.05) is 42.5 Å². The van der Waals surface area contributed by atoms with E-state index in [0.717, 1.165) is 11.1 Å². The number of rotatable bonds is 2. The molecule has 0 N–H and O–H groups in total. The first-order chi connectivity index (χ1) is 9.23. The molecule has 1 aliphatic rings. The van der Waals surface area contributed by atoms with Crippen molar-refractivity contribution in [2.45, 2.75) is 11.8 Å². The first kappa shape index (κ1) is 11.9. The van der Waals surface area contributed by atoms with Gasteiger partial charge in [-0.3, -0.25) is 4.79 Å². The summed E-state index contributed by atoms with van der Waals surface area (Å²) >= 11 is 0. The zero-order chi connectivity index (χ0) is 13.3. The van der Waals surface area contributed by atoms with E-state index in [2.05, 4.69) is 0 Å². The minimum atomic E-state index is -0.797. The van der Waals surface area contributed by atoms with Crippen LogP contribution in [0.3, 0.4) is 0 Å². The van der Waals surface area contributed by atoms with Crippen LogP contribution in [0.1, 0.15) is 17.5 Å². The van der Waals surface area contributed by atoms with Crippen molar-refractivity contribution in [2.24, 2.45) is 0 Å². The summed E-state index contributed by atoms with van der Waals surface area (Å²) < 4.78 is 18.3. The van der Waals surface area contributed by atoms with Gasteiger partial charge in [0.2, 0.25) is 0 Å². The highest BCUT2D eigenvalue weighted by Gasteiger charge is 2.47. The predicted octanol–water partition coefficient (Wildman–Crippen LogP) is 3.06. The van der Waals surface area contributed by atoms with Gasteiger partial charge in [-0.05, 0) is 23.3 Å². The minimum Gasteiger partial charge on any atom is -0.465 e. The van der Waals surface area contributed by atoms with Crippen molar-refractivity contribution in [1.82, 2.24) is 0 Å². The summed E-state index contributed by atoms with van der Waals surface area (Å²) in [5.41, 5.74) is 0.876. The number of halogens is 1. The van der Waals surface area contributed by atoms with E-state index in [-0.39, 0.29) is 11.8 Å². The van der Waals surface area contributed by atoms with Crippen molar-refractivity contribution >= 4 is 5.97 Å². The highest BCUT2D eigenvalue weighted by molar-refractivity contribution is 5.89. The highest BCUT2D eigenvalue weighted by atomic mass is 19.1. The number of esters is 1. The monoisotopic (exact) mass is 256 g/mol. The largest absolute Gasteiger partial charge is 0.465 e. The summed E-state index contributed by atoms with van der Waals surface area (Å²) in [5.74, 6) is -0.566. The Kier molecular flexibility index (Phi) is 2.82. The summed E-state index contributed by atoms with van der Waals surface area (Å²) in [4.78, 5) is 12.3. The Labute approximate surface area is 110 Å². The fraction of sp³-hybridized carbons (Fsp3) is 0.188. The van der Waals surface area contributed by atoms with Crippen LogP contribution in [0.25, 0.3) is 0 Å². The molecule has 96 valence electrons. The molecule has 3 heteroatoms. The van der Waals surface area contributed by atoms with E-state index in [1.807, 2.05) is 30.3 Å². The molecule has 0 radical (unpaired) electrons. The first-order valence-corrected chi connectivity index (χ1v) is 6.22. The molecule has 0 spiro atoms. The molecule has 1 saturated heterocycles. The average molecular weight is 256 g/mol. The third-order valence-corrected chi connectivity index (χ3v) is 3.66. The number of carbonyl (C=O) groups excluding carboxylic acids is 1. The van der Waals surface area contributed by atoms with Crippen molar-refractivity contribution in [1.29, 1.82) is 0 Å². The van der Waals surface area contributed by atoms with Gasteiger partial charge in [0.15, 0.2) is 0 Å². The van der Waals surface area contributed by atoms with Crippen molar-refractivity contribution in [3.8, 4) is 0 Å². The third-order valence-electron chi connectivity index (χ3n) is 3.66. The number of benzene rings is 2. The van der Waals surface area contributed by atoms with E-state index < -0.39 is 5.41 Å². The van der Waals surface area contributed by atoms with Crippen LogP contribution in [0.2, 0.25) is 0 Å². The summed E-state index contributed by atoms with van der Waals surface area (Å²) in [5, 5.41) is 0. The number of carbonyl (C=O) groups is 1. The van der Waals surface area contributed by atoms with Crippen LogP contribution >= 0.6 is 0 Å². The smallest absolute Gasteiger partial charge is 0.321 e. The van der Waals surface area contributed by atoms with Gasteiger partial charge in [-0.15, -0.1) is 0 Å². The quantitative estimate of drug-likeness (QED) is 0.772. The molecule has 2 nitrogen and oxygen atoms in total. The Morgan fingerprint density at radius 3 is 2.16 bits per heavy atom. The van der Waals surface area contributed by atoms with Gasteiger partial charge in [-0.2, -0.15) is 0 Å². The second kappa shape index (κ2) is 4.50. The molecule has 19 heavy (non-hydrogen) atoms. The molecule has 3 rings (SSSR count). The molecular weight excluding hydrogens is 243 g/mol. The summed E-state index contributed by atoms with van der Waals surface area (Å²) in [6.45, 7) is 0.394. The van der Waals surface area contributed by atoms with Gasteiger partial charge >= 0.3 is 5.97 Å². The van der Waals surface area contributed by atoms with E-state index in [9.17, 15) is 9.18 Å². The molecule has 1 fully saturated rings. The van der Waals surface area contributed by atoms with Crippen LogP contribution in [0.4, 0.5) is 4.39 Å². The Balaban J connectivity index is 2.18. The van der Waals surface area contributed by atoms with E-state index in [1.54, 1.807) is 12.1 Å². The van der Waals surface area contributed by atoms with E-state index in [1.165, 1.54) is 12.1 Å². The molecule has 0 bridgehead atoms. The summed E-state index contributed by atoms with van der Waals surface area (Å²) in [7, 11) is 0. The number of hydrogen-bond acceptors (Lipinski definition) is 2. The summed E-state index contributed by atoms with van der Waals surface area (Å²) in [6.07, 6.45) is 0.585. The van der Waals surface area contributed by atoms with E-state index >= 15 is 0 Å². The zero-order valence-corrected chi connectivity index (χ0v) is 10.3. The number of hydrogen-bond donors (Lipinski definition) is 0. The molecule has 1 unspecified atom stereocenters. The lowest BCUT2D eigenvalue weighted by molar-refractivity contribution is -0.141. The highest BCUT2D eigenvalue weighted by Crippen LogP contribution is 2.40. The lowest BCUT2D eigenvalue weighted by Crippen LogP contribution is -2.32. The van der Waals surface area contributed by atoms with Crippen molar-refractivity contribution in [3.63, 3.8) is 0 Å². The number of cyclic esters (lactones) is 1. The minimum absolute atomic E-state index is 0.259. The molecular formula is C16H13FO2. The van der Waals surface area contributed by atoms with Gasteiger partial charge in [0.25, 0.3) is 0 Å². The van der Waals surface area contributed by atoms with Gasteiger partial charge in [0.1, 0.15) is 11.2 Å². The Hall–Kier alpha value is -2.16. The molecule has 0 aromatic heterocycles. The van der Waals surface area contributed by atoms with Crippen LogP contribution in [-0.4, -0.2) is 12.6 Å². The number of ether oxygens (including phenoxy) is 1. The van der Waals surface area contributed by atoms with Crippen molar-refractivity contribution < 1.29 is 13.9 Å². The molecule has 0 aliphatic carbocycles. The molecule has 2 aromatic rings. The fourth-order valence-electron chi connectivity index (χ4n) is 2.67. The fourth-order valence-corrected chi connectivity index (χ4v) is 2.67. The van der Waals surface area contributed by atoms with Gasteiger partial charge in [0, 0.05) is 6.42 Å². The van der Waals surface area contributed by atoms with Gasteiger partial charge in [-0.25, -0.2) is 4.39 Å². The van der Waals surface area contributed by atoms with Crippen molar-refractivity contribution in [2.75, 3.05) is 6.61 Å².